The number of piperidine rings is 2. The minimum absolute atomic E-state index is 0.113. The molecule has 7 heteroatoms. The second-order valence-corrected chi connectivity index (χ2v) is 10.2. The van der Waals surface area contributed by atoms with E-state index in [2.05, 4.69) is 23.1 Å². The van der Waals surface area contributed by atoms with Crippen LogP contribution >= 0.6 is 0 Å². The Morgan fingerprint density at radius 1 is 1.06 bits per heavy atom. The molecule has 0 aliphatic carbocycles. The zero-order chi connectivity index (χ0) is 24.3. The number of ether oxygens (including phenoxy) is 1. The van der Waals surface area contributed by atoms with Crippen molar-refractivity contribution in [3.63, 3.8) is 0 Å². The maximum atomic E-state index is 13.4. The maximum absolute atomic E-state index is 13.4. The molecule has 5 rings (SSSR count). The Morgan fingerprint density at radius 2 is 1.80 bits per heavy atom. The predicted octanol–water partition coefficient (Wildman–Crippen LogP) is 4.22. The van der Waals surface area contributed by atoms with Gasteiger partial charge in [-0.3, -0.25) is 9.69 Å². The Hall–Kier alpha value is -2.93. The van der Waals surface area contributed by atoms with Crippen LogP contribution in [0.4, 0.5) is 10.6 Å². The standard InChI is InChI=1S/C28H36N4O3/c1-2-35-27(34)31-15-10-23(11-16-31)20-30-17-12-28(13-18-30)19-25(33)32(21-22-7-4-3-5-8-22)26-24(28)9-6-14-29-26/h3-9,14,23H,2,10-13,15-21H2,1H3. The first-order valence-electron chi connectivity index (χ1n) is 13.0. The lowest BCUT2D eigenvalue weighted by atomic mass is 9.68. The Balaban J connectivity index is 1.22. The van der Waals surface area contributed by atoms with E-state index < -0.39 is 0 Å². The third-order valence-electron chi connectivity index (χ3n) is 8.06. The van der Waals surface area contributed by atoms with Crippen molar-refractivity contribution < 1.29 is 14.3 Å². The maximum Gasteiger partial charge on any atom is 0.409 e. The van der Waals surface area contributed by atoms with Crippen molar-refractivity contribution in [2.24, 2.45) is 5.92 Å². The number of amides is 2. The molecule has 186 valence electrons. The molecule has 1 aromatic heterocycles. The van der Waals surface area contributed by atoms with Gasteiger partial charge in [-0.25, -0.2) is 9.78 Å². The van der Waals surface area contributed by atoms with E-state index in [9.17, 15) is 9.59 Å². The lowest BCUT2D eigenvalue weighted by Crippen LogP contribution is -2.51. The van der Waals surface area contributed by atoms with E-state index >= 15 is 0 Å². The molecule has 2 saturated heterocycles. The molecule has 2 fully saturated rings. The van der Waals surface area contributed by atoms with Gasteiger partial charge in [0.05, 0.1) is 13.2 Å². The van der Waals surface area contributed by atoms with Crippen LogP contribution in [0, 0.1) is 5.92 Å². The Morgan fingerprint density at radius 3 is 2.51 bits per heavy atom. The van der Waals surface area contributed by atoms with Crippen molar-refractivity contribution in [2.45, 2.75) is 51.0 Å². The summed E-state index contributed by atoms with van der Waals surface area (Å²) in [5, 5.41) is 0. The third-order valence-corrected chi connectivity index (χ3v) is 8.06. The highest BCUT2D eigenvalue weighted by Gasteiger charge is 2.45. The van der Waals surface area contributed by atoms with E-state index in [4.69, 9.17) is 9.72 Å². The van der Waals surface area contributed by atoms with Gasteiger partial charge in [0.1, 0.15) is 5.82 Å². The molecular formula is C28H36N4O3. The number of rotatable bonds is 5. The number of anilines is 1. The van der Waals surface area contributed by atoms with Crippen LogP contribution in [0.3, 0.4) is 0 Å². The topological polar surface area (TPSA) is 66.0 Å². The highest BCUT2D eigenvalue weighted by Crippen LogP contribution is 2.46. The summed E-state index contributed by atoms with van der Waals surface area (Å²) in [4.78, 5) is 36.3. The van der Waals surface area contributed by atoms with Crippen molar-refractivity contribution in [1.82, 2.24) is 14.8 Å². The molecule has 2 amide bonds. The molecule has 1 aromatic carbocycles. The van der Waals surface area contributed by atoms with Crippen LogP contribution in [0.25, 0.3) is 0 Å². The van der Waals surface area contributed by atoms with Gasteiger partial charge < -0.3 is 14.5 Å². The molecule has 0 atom stereocenters. The summed E-state index contributed by atoms with van der Waals surface area (Å²) in [7, 11) is 0. The molecule has 7 nitrogen and oxygen atoms in total. The van der Waals surface area contributed by atoms with Crippen molar-refractivity contribution in [1.29, 1.82) is 0 Å². The molecule has 3 aliphatic rings. The lowest BCUT2D eigenvalue weighted by molar-refractivity contribution is -0.121. The molecule has 0 saturated carbocycles. The number of hydrogen-bond donors (Lipinski definition) is 0. The quantitative estimate of drug-likeness (QED) is 0.647. The molecule has 4 heterocycles. The summed E-state index contributed by atoms with van der Waals surface area (Å²) < 4.78 is 5.15. The minimum atomic E-state index is -0.179. The lowest BCUT2D eigenvalue weighted by Gasteiger charge is -2.47. The zero-order valence-corrected chi connectivity index (χ0v) is 20.7. The zero-order valence-electron chi connectivity index (χ0n) is 20.7. The number of hydrogen-bond acceptors (Lipinski definition) is 5. The van der Waals surface area contributed by atoms with Crippen molar-refractivity contribution in [2.75, 3.05) is 44.2 Å². The largest absolute Gasteiger partial charge is 0.450 e. The van der Waals surface area contributed by atoms with Gasteiger partial charge in [-0.05, 0) is 63.2 Å². The molecule has 0 unspecified atom stereocenters. The van der Waals surface area contributed by atoms with E-state index in [1.807, 2.05) is 41.0 Å². The van der Waals surface area contributed by atoms with Crippen LogP contribution in [-0.2, 0) is 21.5 Å². The van der Waals surface area contributed by atoms with Crippen LogP contribution < -0.4 is 4.90 Å². The van der Waals surface area contributed by atoms with Crippen LogP contribution in [0.1, 0.15) is 50.2 Å². The van der Waals surface area contributed by atoms with Crippen molar-refractivity contribution in [3.05, 3.63) is 59.8 Å². The number of fused-ring (bicyclic) bond motifs is 2. The minimum Gasteiger partial charge on any atom is -0.450 e. The van der Waals surface area contributed by atoms with E-state index in [1.165, 1.54) is 5.56 Å². The summed E-state index contributed by atoms with van der Waals surface area (Å²) >= 11 is 0. The van der Waals surface area contributed by atoms with E-state index in [0.717, 1.165) is 69.8 Å². The summed E-state index contributed by atoms with van der Waals surface area (Å²) in [6, 6.07) is 14.4. The van der Waals surface area contributed by atoms with Gasteiger partial charge in [0.25, 0.3) is 0 Å². The Bertz CT molecular complexity index is 1030. The number of carbonyl (C=O) groups is 2. The van der Waals surface area contributed by atoms with Gasteiger partial charge in [0.15, 0.2) is 0 Å². The normalized spacial score (nSPS) is 20.7. The second-order valence-electron chi connectivity index (χ2n) is 10.2. The van der Waals surface area contributed by atoms with Crippen molar-refractivity contribution >= 4 is 17.8 Å². The number of likely N-dealkylation sites (tertiary alicyclic amines) is 2. The van der Waals surface area contributed by atoms with Gasteiger partial charge in [-0.15, -0.1) is 0 Å². The summed E-state index contributed by atoms with van der Waals surface area (Å²) in [6.07, 6.45) is 6.21. The highest BCUT2D eigenvalue weighted by molar-refractivity contribution is 5.96. The molecule has 2 aromatic rings. The summed E-state index contributed by atoms with van der Waals surface area (Å²) in [5.74, 6) is 1.63. The average Bonchev–Trinajstić information content (AvgIpc) is 2.89. The number of carbonyl (C=O) groups excluding carboxylic acids is 2. The molecule has 3 aliphatic heterocycles. The SMILES string of the molecule is CCOC(=O)N1CCC(CN2CCC3(CC2)CC(=O)N(Cc2ccccc2)c2ncccc23)CC1. The molecule has 0 radical (unpaired) electrons. The fourth-order valence-electron chi connectivity index (χ4n) is 6.04. The first-order valence-corrected chi connectivity index (χ1v) is 13.0. The second kappa shape index (κ2) is 10.4. The van der Waals surface area contributed by atoms with Crippen LogP contribution in [0.2, 0.25) is 0 Å². The summed E-state index contributed by atoms with van der Waals surface area (Å²) in [5.41, 5.74) is 2.24. The number of aromatic nitrogens is 1. The molecule has 35 heavy (non-hydrogen) atoms. The molecule has 0 bridgehead atoms. The number of pyridine rings is 1. The fraction of sp³-hybridized carbons (Fsp3) is 0.536. The van der Waals surface area contributed by atoms with E-state index in [-0.39, 0.29) is 17.4 Å². The number of nitrogens with zero attached hydrogens (tertiary/aromatic N) is 4. The molecule has 0 N–H and O–H groups in total. The monoisotopic (exact) mass is 476 g/mol. The van der Waals surface area contributed by atoms with Gasteiger partial charge in [0, 0.05) is 43.2 Å². The Labute approximate surface area is 208 Å². The van der Waals surface area contributed by atoms with Gasteiger partial charge >= 0.3 is 6.09 Å². The highest BCUT2D eigenvalue weighted by atomic mass is 16.6. The smallest absolute Gasteiger partial charge is 0.409 e. The predicted molar refractivity (Wildman–Crippen MR) is 135 cm³/mol. The first-order chi connectivity index (χ1) is 17.1. The van der Waals surface area contributed by atoms with E-state index in [0.29, 0.717) is 25.5 Å². The average molecular weight is 477 g/mol. The van der Waals surface area contributed by atoms with Gasteiger partial charge in [-0.2, -0.15) is 0 Å². The van der Waals surface area contributed by atoms with Gasteiger partial charge in [-0.1, -0.05) is 36.4 Å². The van der Waals surface area contributed by atoms with Gasteiger partial charge in [0.2, 0.25) is 5.91 Å². The van der Waals surface area contributed by atoms with Crippen LogP contribution in [0.5, 0.6) is 0 Å². The Kier molecular flexibility index (Phi) is 7.04. The number of benzene rings is 1. The third kappa shape index (κ3) is 5.06. The molecule has 1 spiro atoms. The molecular weight excluding hydrogens is 440 g/mol. The van der Waals surface area contributed by atoms with E-state index in [1.54, 1.807) is 6.20 Å². The van der Waals surface area contributed by atoms with Crippen LogP contribution in [-0.4, -0.2) is 66.1 Å². The van der Waals surface area contributed by atoms with Crippen molar-refractivity contribution in [3.8, 4) is 0 Å². The fourth-order valence-corrected chi connectivity index (χ4v) is 6.04. The first kappa shape index (κ1) is 23.8. The summed E-state index contributed by atoms with van der Waals surface area (Å²) in [6.45, 7) is 7.48. The van der Waals surface area contributed by atoms with Crippen LogP contribution in [0.15, 0.2) is 48.7 Å².